The van der Waals surface area contributed by atoms with Crippen molar-refractivity contribution < 1.29 is 29.7 Å². The molecule has 0 fully saturated rings. The van der Waals surface area contributed by atoms with Crippen LogP contribution in [0.2, 0.25) is 0 Å². The van der Waals surface area contributed by atoms with Crippen molar-refractivity contribution in [2.75, 3.05) is 16.0 Å². The molecule has 0 aliphatic carbocycles. The molecule has 6 heterocycles. The van der Waals surface area contributed by atoms with E-state index in [2.05, 4.69) is 87.8 Å². The van der Waals surface area contributed by atoms with Crippen LogP contribution in [-0.4, -0.2) is 82.1 Å². The van der Waals surface area contributed by atoms with Gasteiger partial charge in [-0.2, -0.15) is 35.3 Å². The zero-order chi connectivity index (χ0) is 64.1. The SMILES string of the molecule is N#Cc1ccn(-c2ncccn2)c1/N=N/c1c(O)c(C(=O)Nc2cc(NC(=O)c3cc4ccccc4c(/N=N/c4c(C#N)cnn4-c4ccccn4)c3O)cc(NC(=O)c3cc4ccccc4c(/N=N/c4c(C#N)cnn4-c4ncccn4)c3O)c2)cc2ccccc12. The Hall–Kier alpha value is -14.6. The molecule has 0 radical (unpaired) electrons. The number of benzene rings is 7. The van der Waals surface area contributed by atoms with Crippen LogP contribution in [0.1, 0.15) is 47.8 Å². The van der Waals surface area contributed by atoms with Crippen LogP contribution in [0.4, 0.5) is 51.6 Å². The molecule has 6 N–H and O–H groups in total. The lowest BCUT2D eigenvalue weighted by atomic mass is 10.0. The fourth-order valence-corrected chi connectivity index (χ4v) is 9.93. The molecule has 0 aliphatic heterocycles. The third-order valence-electron chi connectivity index (χ3n) is 14.2. The number of nitrogens with zero attached hydrogens (tertiary/aromatic N) is 19. The number of phenols is 3. The number of nitrogens with one attached hydrogen (secondary N) is 3. The van der Waals surface area contributed by atoms with Gasteiger partial charge in [-0.05, 0) is 82.9 Å². The maximum Gasteiger partial charge on any atom is 0.259 e. The van der Waals surface area contributed by atoms with E-state index >= 15 is 0 Å². The first-order chi connectivity index (χ1) is 45.5. The summed E-state index contributed by atoms with van der Waals surface area (Å²) in [5.41, 5.74) is -1.51. The van der Waals surface area contributed by atoms with Crippen molar-refractivity contribution in [1.82, 2.24) is 49.0 Å². The molecule has 0 spiro atoms. The van der Waals surface area contributed by atoms with Gasteiger partial charge in [-0.1, -0.05) is 78.9 Å². The van der Waals surface area contributed by atoms with Crippen LogP contribution < -0.4 is 16.0 Å². The van der Waals surface area contributed by atoms with E-state index in [0.717, 1.165) is 0 Å². The Morgan fingerprint density at radius 2 is 0.796 bits per heavy atom. The van der Waals surface area contributed by atoms with Crippen LogP contribution in [0, 0.1) is 34.0 Å². The summed E-state index contributed by atoms with van der Waals surface area (Å²) in [6, 6.07) is 44.3. The minimum Gasteiger partial charge on any atom is -0.505 e. The molecule has 6 aromatic heterocycles. The number of pyridine rings is 1. The van der Waals surface area contributed by atoms with E-state index in [1.807, 2.05) is 12.1 Å². The van der Waals surface area contributed by atoms with Gasteiger partial charge >= 0.3 is 0 Å². The number of carbonyl (C=O) groups excluding carboxylic acids is 3. The highest BCUT2D eigenvalue weighted by Crippen LogP contribution is 2.44. The van der Waals surface area contributed by atoms with Crippen molar-refractivity contribution in [3.63, 3.8) is 0 Å². The number of hydrogen-bond acceptors (Lipinski definition) is 22. The molecule has 0 saturated carbocycles. The highest BCUT2D eigenvalue weighted by Gasteiger charge is 2.25. The van der Waals surface area contributed by atoms with Gasteiger partial charge in [0.05, 0.1) is 34.6 Å². The monoisotopic (exact) mass is 1220 g/mol. The van der Waals surface area contributed by atoms with Crippen LogP contribution in [0.15, 0.2) is 226 Å². The molecule has 28 nitrogen and oxygen atoms in total. The van der Waals surface area contributed by atoms with E-state index in [1.165, 1.54) is 106 Å². The molecule has 93 heavy (non-hydrogen) atoms. The standard InChI is InChI=1S/C65H38N22O6/c66-31-39-18-24-85(64-70-20-9-21-71-64)58(39)82-79-52-45-14-4-1-11-36(45)25-48(55(52)88)61(91)76-42-28-43(77-62(92)49-26-37-12-2-5-15-46(37)53(56(49)89)80-83-59-40(32-67)34-74-86(59)51-17-7-8-19-69-51)30-44(29-42)78-63(93)50-27-38-13-3-6-16-47(38)54(57(50)90)81-84-60-41(33-68)35-75-87(60)65-72-22-10-23-73-65/h1-30,34-35,88-90H,(H,76,91)(H,77,92)(H,78,93)/b82-79+,83-80+,84-81+. The van der Waals surface area contributed by atoms with Gasteiger partial charge in [0.15, 0.2) is 40.5 Å². The third-order valence-corrected chi connectivity index (χ3v) is 14.2. The minimum atomic E-state index is -0.922. The summed E-state index contributed by atoms with van der Waals surface area (Å²) in [6.45, 7) is 0. The van der Waals surface area contributed by atoms with Gasteiger partial charge in [-0.3, -0.25) is 19.0 Å². The Morgan fingerprint density at radius 3 is 1.23 bits per heavy atom. The largest absolute Gasteiger partial charge is 0.505 e. The molecular weight excluding hydrogens is 1180 g/mol. The van der Waals surface area contributed by atoms with Gasteiger partial charge in [0.2, 0.25) is 5.95 Å². The van der Waals surface area contributed by atoms with E-state index in [9.17, 15) is 45.5 Å². The summed E-state index contributed by atoms with van der Waals surface area (Å²) >= 11 is 0. The smallest absolute Gasteiger partial charge is 0.259 e. The number of azo groups is 3. The first kappa shape index (κ1) is 57.5. The van der Waals surface area contributed by atoms with Gasteiger partial charge in [0.25, 0.3) is 23.7 Å². The lowest BCUT2D eigenvalue weighted by molar-refractivity contribution is 0.101. The molecule has 3 amide bonds. The second-order valence-electron chi connectivity index (χ2n) is 19.9. The highest BCUT2D eigenvalue weighted by molar-refractivity contribution is 6.16. The Bertz CT molecular complexity index is 4870. The van der Waals surface area contributed by atoms with Crippen molar-refractivity contribution in [2.24, 2.45) is 30.7 Å². The summed E-state index contributed by atoms with van der Waals surface area (Å²) in [5, 5.41) is 111. The Kier molecular flexibility index (Phi) is 15.2. The molecule has 13 aromatic rings. The van der Waals surface area contributed by atoms with Gasteiger partial charge < -0.3 is 31.3 Å². The van der Waals surface area contributed by atoms with Crippen molar-refractivity contribution in [3.8, 4) is 53.2 Å². The molecule has 7 aromatic carbocycles. The van der Waals surface area contributed by atoms with Crippen molar-refractivity contribution in [3.05, 3.63) is 229 Å². The number of aromatic nitrogens is 10. The number of hydrogen-bond donors (Lipinski definition) is 6. The molecule has 28 heteroatoms. The van der Waals surface area contributed by atoms with Crippen LogP contribution in [0.3, 0.4) is 0 Å². The predicted octanol–water partition coefficient (Wildman–Crippen LogP) is 13.0. The van der Waals surface area contributed by atoms with Gasteiger partial charge in [-0.15, -0.1) is 30.7 Å². The van der Waals surface area contributed by atoms with Crippen molar-refractivity contribution in [2.45, 2.75) is 0 Å². The van der Waals surface area contributed by atoms with E-state index in [4.69, 9.17) is 0 Å². The van der Waals surface area contributed by atoms with E-state index in [0.29, 0.717) is 38.1 Å². The normalized spacial score (nSPS) is 11.3. The molecule has 0 aliphatic rings. The van der Waals surface area contributed by atoms with Crippen LogP contribution in [0.5, 0.6) is 17.2 Å². The van der Waals surface area contributed by atoms with Crippen molar-refractivity contribution >= 4 is 102 Å². The number of amides is 3. The van der Waals surface area contributed by atoms with Gasteiger partial charge in [-0.25, -0.2) is 24.9 Å². The Labute approximate surface area is 522 Å². The second-order valence-corrected chi connectivity index (χ2v) is 19.9. The quantitative estimate of drug-likeness (QED) is 0.0519. The number of anilines is 3. The van der Waals surface area contributed by atoms with Gasteiger partial charge in [0.1, 0.15) is 46.4 Å². The second kappa shape index (κ2) is 24.6. The Balaban J connectivity index is 0.885. The lowest BCUT2D eigenvalue weighted by Crippen LogP contribution is -2.16. The molecule has 13 rings (SSSR count). The van der Waals surface area contributed by atoms with Gasteiger partial charge in [0, 0.05) is 70.4 Å². The lowest BCUT2D eigenvalue weighted by Gasteiger charge is -2.16. The number of phenolic OH excluding ortho intramolecular Hbond substituents is 3. The summed E-state index contributed by atoms with van der Waals surface area (Å²) in [6.07, 6.45) is 11.5. The Morgan fingerprint density at radius 1 is 0.409 bits per heavy atom. The molecule has 444 valence electrons. The average Bonchev–Trinajstić information content (AvgIpc) is 1.64. The zero-order valence-corrected chi connectivity index (χ0v) is 47.5. The maximum atomic E-state index is 14.8. The zero-order valence-electron chi connectivity index (χ0n) is 47.5. The fraction of sp³-hybridized carbons (Fsp3) is 0. The van der Waals surface area contributed by atoms with E-state index in [1.54, 1.807) is 103 Å². The first-order valence-corrected chi connectivity index (χ1v) is 27.6. The molecule has 0 atom stereocenters. The average molecular weight is 1220 g/mol. The third kappa shape index (κ3) is 11.2. The van der Waals surface area contributed by atoms with E-state index < -0.39 is 35.0 Å². The highest BCUT2D eigenvalue weighted by atomic mass is 16.3. The van der Waals surface area contributed by atoms with Crippen molar-refractivity contribution in [1.29, 1.82) is 15.8 Å². The number of carbonyl (C=O) groups is 3. The summed E-state index contributed by atoms with van der Waals surface area (Å²) in [5.74, 6) is -4.13. The number of fused-ring (bicyclic) bond motifs is 3. The predicted molar refractivity (Wildman–Crippen MR) is 336 cm³/mol. The van der Waals surface area contributed by atoms with E-state index in [-0.39, 0.29) is 96.9 Å². The number of rotatable bonds is 15. The van der Waals surface area contributed by atoms with Crippen LogP contribution in [0.25, 0.3) is 50.0 Å². The summed E-state index contributed by atoms with van der Waals surface area (Å²) < 4.78 is 3.90. The number of nitriles is 3. The topological polar surface area (TPSA) is 399 Å². The first-order valence-electron chi connectivity index (χ1n) is 27.6. The molecule has 0 bridgehead atoms. The summed E-state index contributed by atoms with van der Waals surface area (Å²) in [7, 11) is 0. The minimum absolute atomic E-state index is 0.00436. The maximum absolute atomic E-state index is 14.8. The molecule has 0 saturated heterocycles. The fourth-order valence-electron chi connectivity index (χ4n) is 9.93. The molecule has 0 unspecified atom stereocenters. The van der Waals surface area contributed by atoms with Crippen LogP contribution >= 0.6 is 0 Å². The van der Waals surface area contributed by atoms with Crippen LogP contribution in [-0.2, 0) is 0 Å². The number of aromatic hydroxyl groups is 3. The molecular formula is C65H38N22O6. The summed E-state index contributed by atoms with van der Waals surface area (Å²) in [4.78, 5) is 65.5.